The molecule has 1 aliphatic carbocycles. The third-order valence-corrected chi connectivity index (χ3v) is 4.05. The zero-order chi connectivity index (χ0) is 10.2. The molecule has 0 N–H and O–H groups in total. The summed E-state index contributed by atoms with van der Waals surface area (Å²) in [6, 6.07) is 0. The minimum Gasteiger partial charge on any atom is -0.306 e. The van der Waals surface area contributed by atoms with E-state index in [1.54, 1.807) is 5.57 Å². The normalized spacial score (nSPS) is 27.3. The lowest BCUT2D eigenvalue weighted by Gasteiger charge is -2.38. The van der Waals surface area contributed by atoms with Gasteiger partial charge in [0.25, 0.3) is 0 Å². The fraction of sp³-hybridized carbons (Fsp3) is 0.692. The Bertz CT molecular complexity index is 267. The van der Waals surface area contributed by atoms with Crippen molar-refractivity contribution in [2.45, 2.75) is 32.6 Å². The van der Waals surface area contributed by atoms with Crippen molar-refractivity contribution in [1.82, 2.24) is 4.90 Å². The Morgan fingerprint density at radius 2 is 1.93 bits per heavy atom. The monoisotopic (exact) mass is 191 g/mol. The third-order valence-electron chi connectivity index (χ3n) is 4.05. The van der Waals surface area contributed by atoms with Crippen LogP contribution in [0.2, 0.25) is 0 Å². The highest BCUT2D eigenvalue weighted by Crippen LogP contribution is 2.48. The van der Waals surface area contributed by atoms with Gasteiger partial charge < -0.3 is 4.90 Å². The molecule has 1 heteroatoms. The maximum atomic E-state index is 3.92. The average molecular weight is 191 g/mol. The first-order chi connectivity index (χ1) is 6.65. The zero-order valence-electron chi connectivity index (χ0n) is 9.47. The lowest BCUT2D eigenvalue weighted by Crippen LogP contribution is -2.36. The SMILES string of the molecule is C=CC1=C(C)CC2(CCN(C)CC2)C1. The van der Waals surface area contributed by atoms with E-state index >= 15 is 0 Å². The smallest absolute Gasteiger partial charge is 0.00163 e. The molecule has 0 bridgehead atoms. The van der Waals surface area contributed by atoms with Gasteiger partial charge in [-0.1, -0.05) is 18.2 Å². The molecule has 0 atom stereocenters. The second-order valence-corrected chi connectivity index (χ2v) is 5.17. The highest BCUT2D eigenvalue weighted by atomic mass is 15.1. The number of rotatable bonds is 1. The number of allylic oxidation sites excluding steroid dienone is 3. The molecular formula is C13H21N. The fourth-order valence-electron chi connectivity index (χ4n) is 2.99. The first-order valence-electron chi connectivity index (χ1n) is 5.65. The Morgan fingerprint density at radius 1 is 1.29 bits per heavy atom. The number of piperidine rings is 1. The molecule has 0 amide bonds. The second kappa shape index (κ2) is 3.54. The van der Waals surface area contributed by atoms with Gasteiger partial charge in [-0.3, -0.25) is 0 Å². The third kappa shape index (κ3) is 1.66. The molecule has 2 rings (SSSR count). The first kappa shape index (κ1) is 9.97. The molecule has 1 aliphatic heterocycles. The van der Waals surface area contributed by atoms with Gasteiger partial charge in [0.2, 0.25) is 0 Å². The Hall–Kier alpha value is -0.560. The van der Waals surface area contributed by atoms with Gasteiger partial charge in [0, 0.05) is 0 Å². The lowest BCUT2D eigenvalue weighted by molar-refractivity contribution is 0.131. The van der Waals surface area contributed by atoms with E-state index in [4.69, 9.17) is 0 Å². The van der Waals surface area contributed by atoms with Crippen LogP contribution < -0.4 is 0 Å². The zero-order valence-corrected chi connectivity index (χ0v) is 9.47. The topological polar surface area (TPSA) is 3.24 Å². The molecule has 2 aliphatic rings. The van der Waals surface area contributed by atoms with Crippen LogP contribution in [0.5, 0.6) is 0 Å². The van der Waals surface area contributed by atoms with E-state index < -0.39 is 0 Å². The van der Waals surface area contributed by atoms with Gasteiger partial charge in [-0.25, -0.2) is 0 Å². The summed E-state index contributed by atoms with van der Waals surface area (Å²) in [6.45, 7) is 8.75. The van der Waals surface area contributed by atoms with Crippen LogP contribution in [-0.4, -0.2) is 25.0 Å². The molecule has 0 aromatic carbocycles. The van der Waals surface area contributed by atoms with Crippen molar-refractivity contribution in [2.75, 3.05) is 20.1 Å². The summed E-state index contributed by atoms with van der Waals surface area (Å²) in [5, 5.41) is 0. The molecule has 78 valence electrons. The number of nitrogens with zero attached hydrogens (tertiary/aromatic N) is 1. The van der Waals surface area contributed by atoms with E-state index in [0.717, 1.165) is 0 Å². The largest absolute Gasteiger partial charge is 0.306 e. The number of hydrogen-bond acceptors (Lipinski definition) is 1. The quantitative estimate of drug-likeness (QED) is 0.616. The van der Waals surface area contributed by atoms with E-state index in [9.17, 15) is 0 Å². The number of likely N-dealkylation sites (tertiary alicyclic amines) is 1. The van der Waals surface area contributed by atoms with Gasteiger partial charge >= 0.3 is 0 Å². The van der Waals surface area contributed by atoms with Crippen molar-refractivity contribution in [3.63, 3.8) is 0 Å². The highest BCUT2D eigenvalue weighted by Gasteiger charge is 2.38. The van der Waals surface area contributed by atoms with E-state index in [-0.39, 0.29) is 0 Å². The molecule has 0 aromatic rings. The summed E-state index contributed by atoms with van der Waals surface area (Å²) in [4.78, 5) is 2.45. The Labute approximate surface area is 87.5 Å². The minimum absolute atomic E-state index is 0.611. The van der Waals surface area contributed by atoms with Gasteiger partial charge in [-0.2, -0.15) is 0 Å². The van der Waals surface area contributed by atoms with Crippen LogP contribution in [0.25, 0.3) is 0 Å². The summed E-state index contributed by atoms with van der Waals surface area (Å²) in [5.74, 6) is 0. The van der Waals surface area contributed by atoms with Gasteiger partial charge in [0.05, 0.1) is 0 Å². The number of hydrogen-bond donors (Lipinski definition) is 0. The summed E-state index contributed by atoms with van der Waals surface area (Å²) < 4.78 is 0. The van der Waals surface area contributed by atoms with E-state index in [0.29, 0.717) is 5.41 Å². The molecule has 1 heterocycles. The fourth-order valence-corrected chi connectivity index (χ4v) is 2.99. The second-order valence-electron chi connectivity index (χ2n) is 5.17. The molecule has 1 fully saturated rings. The van der Waals surface area contributed by atoms with Crippen LogP contribution in [0.15, 0.2) is 23.8 Å². The molecule has 1 saturated heterocycles. The molecule has 1 nitrogen and oxygen atoms in total. The highest BCUT2D eigenvalue weighted by molar-refractivity contribution is 5.31. The van der Waals surface area contributed by atoms with Crippen LogP contribution >= 0.6 is 0 Å². The van der Waals surface area contributed by atoms with Crippen molar-refractivity contribution < 1.29 is 0 Å². The van der Waals surface area contributed by atoms with Crippen molar-refractivity contribution in [3.05, 3.63) is 23.8 Å². The summed E-state index contributed by atoms with van der Waals surface area (Å²) in [5.41, 5.74) is 3.72. The van der Waals surface area contributed by atoms with Crippen LogP contribution in [0, 0.1) is 5.41 Å². The molecule has 1 spiro atoms. The maximum absolute atomic E-state index is 3.92. The molecule has 14 heavy (non-hydrogen) atoms. The van der Waals surface area contributed by atoms with Gasteiger partial charge in [0.1, 0.15) is 0 Å². The predicted octanol–water partition coefficient (Wildman–Crippen LogP) is 2.99. The van der Waals surface area contributed by atoms with E-state index in [2.05, 4.69) is 31.5 Å². The Balaban J connectivity index is 2.06. The van der Waals surface area contributed by atoms with Crippen molar-refractivity contribution >= 4 is 0 Å². The minimum atomic E-state index is 0.611. The van der Waals surface area contributed by atoms with Gasteiger partial charge in [-0.05, 0) is 63.7 Å². The summed E-state index contributed by atoms with van der Waals surface area (Å²) in [7, 11) is 2.23. The molecule has 0 unspecified atom stereocenters. The standard InChI is InChI=1S/C13H21N/c1-4-12-10-13(9-11(12)2)5-7-14(3)8-6-13/h4H,1,5-10H2,2-3H3. The van der Waals surface area contributed by atoms with Crippen molar-refractivity contribution in [2.24, 2.45) is 5.41 Å². The predicted molar refractivity (Wildman–Crippen MR) is 61.3 cm³/mol. The summed E-state index contributed by atoms with van der Waals surface area (Å²) >= 11 is 0. The van der Waals surface area contributed by atoms with Crippen LogP contribution in [0.4, 0.5) is 0 Å². The Morgan fingerprint density at radius 3 is 2.43 bits per heavy atom. The first-order valence-corrected chi connectivity index (χ1v) is 5.65. The van der Waals surface area contributed by atoms with Crippen molar-refractivity contribution in [1.29, 1.82) is 0 Å². The van der Waals surface area contributed by atoms with Crippen LogP contribution in [0.3, 0.4) is 0 Å². The Kier molecular flexibility index (Phi) is 2.52. The van der Waals surface area contributed by atoms with E-state index in [1.165, 1.54) is 44.3 Å². The maximum Gasteiger partial charge on any atom is -0.00163 e. The van der Waals surface area contributed by atoms with Crippen LogP contribution in [0.1, 0.15) is 32.6 Å². The summed E-state index contributed by atoms with van der Waals surface area (Å²) in [6.07, 6.45) is 7.43. The van der Waals surface area contributed by atoms with Gasteiger partial charge in [-0.15, -0.1) is 0 Å². The lowest BCUT2D eigenvalue weighted by atomic mass is 9.75. The molecule has 0 aromatic heterocycles. The van der Waals surface area contributed by atoms with Crippen LogP contribution in [-0.2, 0) is 0 Å². The molecular weight excluding hydrogens is 170 g/mol. The van der Waals surface area contributed by atoms with Crippen molar-refractivity contribution in [3.8, 4) is 0 Å². The van der Waals surface area contributed by atoms with Gasteiger partial charge in [0.15, 0.2) is 0 Å². The average Bonchev–Trinajstić information content (AvgIpc) is 2.49. The molecule has 0 radical (unpaired) electrons. The molecule has 0 saturated carbocycles. The van der Waals surface area contributed by atoms with E-state index in [1.807, 2.05) is 0 Å².